The molecule has 0 radical (unpaired) electrons. The van der Waals surface area contributed by atoms with Crippen molar-refractivity contribution in [3.8, 4) is 0 Å². The molecule has 1 saturated heterocycles. The molecule has 0 bridgehead atoms. The smallest absolute Gasteiger partial charge is 0.311 e. The summed E-state index contributed by atoms with van der Waals surface area (Å²) in [4.78, 5) is 23.2. The van der Waals surface area contributed by atoms with E-state index in [4.69, 9.17) is 0 Å². The van der Waals surface area contributed by atoms with Gasteiger partial charge in [0.15, 0.2) is 0 Å². The summed E-state index contributed by atoms with van der Waals surface area (Å²) in [5.41, 5.74) is -0.694. The number of rotatable bonds is 4. The normalized spacial score (nSPS) is 26.8. The summed E-state index contributed by atoms with van der Waals surface area (Å²) in [5, 5.41) is 15.2. The fraction of sp³-hybridized carbons (Fsp3) is 0.846. The van der Waals surface area contributed by atoms with Crippen LogP contribution in [0.1, 0.15) is 44.9 Å². The molecule has 1 amide bonds. The van der Waals surface area contributed by atoms with Crippen LogP contribution in [0.5, 0.6) is 0 Å². The third kappa shape index (κ3) is 2.83. The lowest BCUT2D eigenvalue weighted by Gasteiger charge is -2.37. The topological polar surface area (TPSA) is 78.4 Å². The van der Waals surface area contributed by atoms with E-state index < -0.39 is 11.4 Å². The maximum Gasteiger partial charge on any atom is 0.311 e. The van der Waals surface area contributed by atoms with Gasteiger partial charge in [-0.1, -0.05) is 19.3 Å². The zero-order valence-electron chi connectivity index (χ0n) is 10.7. The summed E-state index contributed by atoms with van der Waals surface area (Å²) in [6.45, 7) is 1.15. The molecule has 1 saturated carbocycles. The molecule has 0 aromatic heterocycles. The van der Waals surface area contributed by atoms with E-state index in [0.29, 0.717) is 12.8 Å². The second-order valence-electron chi connectivity index (χ2n) is 5.51. The maximum absolute atomic E-state index is 12.0. The molecule has 18 heavy (non-hydrogen) atoms. The first-order chi connectivity index (χ1) is 8.64. The molecule has 2 rings (SSSR count). The highest BCUT2D eigenvalue weighted by Crippen LogP contribution is 2.40. The molecular formula is C13H22N2O3. The van der Waals surface area contributed by atoms with Crippen LogP contribution in [0.2, 0.25) is 0 Å². The van der Waals surface area contributed by atoms with E-state index in [2.05, 4.69) is 10.6 Å². The van der Waals surface area contributed by atoms with Crippen molar-refractivity contribution in [1.82, 2.24) is 10.6 Å². The first kappa shape index (κ1) is 13.3. The maximum atomic E-state index is 12.0. The highest BCUT2D eigenvalue weighted by Gasteiger charge is 2.44. The zero-order valence-corrected chi connectivity index (χ0v) is 10.7. The number of aliphatic carboxylic acids is 1. The van der Waals surface area contributed by atoms with Gasteiger partial charge in [-0.3, -0.25) is 9.59 Å². The fourth-order valence-corrected chi connectivity index (χ4v) is 2.70. The van der Waals surface area contributed by atoms with E-state index in [1.807, 2.05) is 0 Å². The molecule has 0 aromatic carbocycles. The van der Waals surface area contributed by atoms with Gasteiger partial charge in [-0.15, -0.1) is 0 Å². The lowest BCUT2D eigenvalue weighted by atomic mass is 9.69. The quantitative estimate of drug-likeness (QED) is 0.696. The van der Waals surface area contributed by atoms with E-state index in [9.17, 15) is 14.7 Å². The number of amides is 1. The van der Waals surface area contributed by atoms with Gasteiger partial charge < -0.3 is 15.7 Å². The van der Waals surface area contributed by atoms with Crippen LogP contribution in [0, 0.1) is 5.41 Å². The van der Waals surface area contributed by atoms with Crippen molar-refractivity contribution < 1.29 is 14.7 Å². The van der Waals surface area contributed by atoms with Gasteiger partial charge in [0.25, 0.3) is 0 Å². The Kier molecular flexibility index (Phi) is 4.22. The Bertz CT molecular complexity index is 318. The van der Waals surface area contributed by atoms with E-state index >= 15 is 0 Å². The Morgan fingerprint density at radius 1 is 1.22 bits per heavy atom. The molecule has 1 aliphatic heterocycles. The largest absolute Gasteiger partial charge is 0.481 e. The van der Waals surface area contributed by atoms with Gasteiger partial charge in [-0.05, 0) is 32.2 Å². The number of carboxylic acid groups (broad SMARTS) is 1. The van der Waals surface area contributed by atoms with Crippen LogP contribution in [-0.2, 0) is 9.59 Å². The molecule has 102 valence electrons. The average Bonchev–Trinajstić information content (AvgIpc) is 2.55. The molecule has 2 aliphatic rings. The molecule has 2 fully saturated rings. The summed E-state index contributed by atoms with van der Waals surface area (Å²) in [6, 6.07) is -0.140. The third-order valence-corrected chi connectivity index (χ3v) is 4.24. The molecule has 5 heteroatoms. The second kappa shape index (κ2) is 5.69. The Morgan fingerprint density at radius 3 is 2.61 bits per heavy atom. The number of hydrogen-bond donors (Lipinski definition) is 3. The lowest BCUT2D eigenvalue weighted by molar-refractivity contribution is -0.154. The van der Waals surface area contributed by atoms with Crippen molar-refractivity contribution in [2.24, 2.45) is 5.41 Å². The van der Waals surface area contributed by atoms with Gasteiger partial charge in [0.05, 0.1) is 11.5 Å². The van der Waals surface area contributed by atoms with Gasteiger partial charge >= 0.3 is 5.97 Å². The van der Waals surface area contributed by atoms with E-state index in [1.54, 1.807) is 0 Å². The van der Waals surface area contributed by atoms with Crippen molar-refractivity contribution in [2.75, 3.05) is 13.1 Å². The SMILES string of the molecule is O=C(NCC1(C(=O)O)CCC1)C1CCCCCN1. The molecule has 1 atom stereocenters. The molecular weight excluding hydrogens is 232 g/mol. The molecule has 0 spiro atoms. The van der Waals surface area contributed by atoms with Crippen molar-refractivity contribution in [3.63, 3.8) is 0 Å². The number of nitrogens with one attached hydrogen (secondary N) is 2. The predicted molar refractivity (Wildman–Crippen MR) is 67.2 cm³/mol. The lowest BCUT2D eigenvalue weighted by Crippen LogP contribution is -2.51. The standard InChI is InChI=1S/C13H22N2O3/c16-11(10-5-2-1-3-8-14-10)15-9-13(12(17)18)6-4-7-13/h10,14H,1-9H2,(H,15,16)(H,17,18). The summed E-state index contributed by atoms with van der Waals surface area (Å²) in [7, 11) is 0. The monoisotopic (exact) mass is 254 g/mol. The number of carbonyl (C=O) groups is 2. The molecule has 1 aliphatic carbocycles. The molecule has 1 unspecified atom stereocenters. The first-order valence-electron chi connectivity index (χ1n) is 6.89. The van der Waals surface area contributed by atoms with Crippen LogP contribution < -0.4 is 10.6 Å². The molecule has 0 aromatic rings. The Balaban J connectivity index is 1.81. The average molecular weight is 254 g/mol. The van der Waals surface area contributed by atoms with Crippen LogP contribution in [-0.4, -0.2) is 36.1 Å². The van der Waals surface area contributed by atoms with Crippen molar-refractivity contribution >= 4 is 11.9 Å². The summed E-state index contributed by atoms with van der Waals surface area (Å²) >= 11 is 0. The van der Waals surface area contributed by atoms with Gasteiger partial charge in [0.2, 0.25) is 5.91 Å². The molecule has 1 heterocycles. The van der Waals surface area contributed by atoms with Crippen LogP contribution in [0.4, 0.5) is 0 Å². The minimum Gasteiger partial charge on any atom is -0.481 e. The number of hydrogen-bond acceptors (Lipinski definition) is 3. The van der Waals surface area contributed by atoms with E-state index in [0.717, 1.165) is 38.6 Å². The number of carbonyl (C=O) groups excluding carboxylic acids is 1. The van der Waals surface area contributed by atoms with Gasteiger partial charge in [0.1, 0.15) is 0 Å². The zero-order chi connectivity index (χ0) is 13.0. The highest BCUT2D eigenvalue weighted by molar-refractivity contribution is 5.83. The minimum atomic E-state index is -0.775. The van der Waals surface area contributed by atoms with Gasteiger partial charge in [-0.25, -0.2) is 0 Å². The van der Waals surface area contributed by atoms with Crippen molar-refractivity contribution in [3.05, 3.63) is 0 Å². The Labute approximate surface area is 107 Å². The van der Waals surface area contributed by atoms with E-state index in [1.165, 1.54) is 0 Å². The van der Waals surface area contributed by atoms with Crippen molar-refractivity contribution in [1.29, 1.82) is 0 Å². The Hall–Kier alpha value is -1.10. The van der Waals surface area contributed by atoms with Crippen LogP contribution >= 0.6 is 0 Å². The highest BCUT2D eigenvalue weighted by atomic mass is 16.4. The Morgan fingerprint density at radius 2 is 2.00 bits per heavy atom. The van der Waals surface area contributed by atoms with E-state index in [-0.39, 0.29) is 18.5 Å². The number of carboxylic acids is 1. The van der Waals surface area contributed by atoms with Crippen LogP contribution in [0.15, 0.2) is 0 Å². The minimum absolute atomic E-state index is 0.0376. The van der Waals surface area contributed by atoms with Gasteiger partial charge in [0, 0.05) is 6.54 Å². The fourth-order valence-electron chi connectivity index (χ4n) is 2.70. The third-order valence-electron chi connectivity index (χ3n) is 4.24. The summed E-state index contributed by atoms with van der Waals surface area (Å²) < 4.78 is 0. The predicted octanol–water partition coefficient (Wildman–Crippen LogP) is 0.890. The second-order valence-corrected chi connectivity index (χ2v) is 5.51. The van der Waals surface area contributed by atoms with Crippen molar-refractivity contribution in [2.45, 2.75) is 51.0 Å². The van der Waals surface area contributed by atoms with Crippen LogP contribution in [0.25, 0.3) is 0 Å². The molecule has 5 nitrogen and oxygen atoms in total. The first-order valence-corrected chi connectivity index (χ1v) is 6.89. The van der Waals surface area contributed by atoms with Gasteiger partial charge in [-0.2, -0.15) is 0 Å². The van der Waals surface area contributed by atoms with Crippen LogP contribution in [0.3, 0.4) is 0 Å². The summed E-state index contributed by atoms with van der Waals surface area (Å²) in [6.07, 6.45) is 6.50. The molecule has 3 N–H and O–H groups in total. The summed E-state index contributed by atoms with van der Waals surface area (Å²) in [5.74, 6) is -0.813.